The van der Waals surface area contributed by atoms with Crippen LogP contribution in [0.4, 0.5) is 0 Å². The number of benzene rings is 2. The summed E-state index contributed by atoms with van der Waals surface area (Å²) in [5.41, 5.74) is 6.61. The highest BCUT2D eigenvalue weighted by Gasteiger charge is 2.50. The molecule has 5 rings (SSSR count). The minimum absolute atomic E-state index is 0.549. The molecule has 1 N–H and O–H groups in total. The Kier molecular flexibility index (Phi) is 4.23. The van der Waals surface area contributed by atoms with Crippen LogP contribution in [0.5, 0.6) is 0 Å². The molecular formula is C23H24N4. The fourth-order valence-corrected chi connectivity index (χ4v) is 4.76. The monoisotopic (exact) mass is 356 g/mol. The number of nitrogens with one attached hydrogen (secondary N) is 1. The van der Waals surface area contributed by atoms with Gasteiger partial charge in [-0.2, -0.15) is 0 Å². The van der Waals surface area contributed by atoms with Crippen LogP contribution in [0.3, 0.4) is 0 Å². The molecule has 136 valence electrons. The number of aryl methyl sites for hydroxylation is 1. The third kappa shape index (κ3) is 2.95. The molecule has 27 heavy (non-hydrogen) atoms. The first-order chi connectivity index (χ1) is 13.3. The minimum Gasteiger partial charge on any atom is -0.314 e. The summed E-state index contributed by atoms with van der Waals surface area (Å²) in [5, 5.41) is 3.57. The molecule has 1 unspecified atom stereocenters. The molecule has 3 heterocycles. The Morgan fingerprint density at radius 1 is 0.963 bits per heavy atom. The number of likely N-dealkylation sites (tertiary alicyclic amines) is 1. The van der Waals surface area contributed by atoms with Crippen molar-refractivity contribution in [2.75, 3.05) is 13.1 Å². The van der Waals surface area contributed by atoms with E-state index in [1.807, 2.05) is 12.4 Å². The highest BCUT2D eigenvalue weighted by atomic mass is 15.3. The predicted octanol–water partition coefficient (Wildman–Crippen LogP) is 3.39. The lowest BCUT2D eigenvalue weighted by atomic mass is 9.72. The lowest BCUT2D eigenvalue weighted by Gasteiger charge is -2.59. The number of hydrogen-bond acceptors (Lipinski definition) is 4. The van der Waals surface area contributed by atoms with Crippen LogP contribution < -0.4 is 5.32 Å². The Morgan fingerprint density at radius 3 is 2.37 bits per heavy atom. The molecule has 0 radical (unpaired) electrons. The molecule has 2 aromatic carbocycles. The van der Waals surface area contributed by atoms with Gasteiger partial charge in [0.1, 0.15) is 6.33 Å². The van der Waals surface area contributed by atoms with Crippen molar-refractivity contribution >= 4 is 0 Å². The zero-order chi connectivity index (χ0) is 18.2. The number of piperazine rings is 1. The third-order valence-electron chi connectivity index (χ3n) is 6.12. The van der Waals surface area contributed by atoms with E-state index in [0.29, 0.717) is 18.0 Å². The van der Waals surface area contributed by atoms with Gasteiger partial charge in [-0.05, 0) is 29.2 Å². The zero-order valence-corrected chi connectivity index (χ0v) is 15.5. The molecule has 0 aliphatic carbocycles. The minimum atomic E-state index is 0.549. The molecule has 3 atom stereocenters. The summed E-state index contributed by atoms with van der Waals surface area (Å²) in [6, 6.07) is 18.9. The summed E-state index contributed by atoms with van der Waals surface area (Å²) >= 11 is 0. The summed E-state index contributed by atoms with van der Waals surface area (Å²) in [6.07, 6.45) is 5.46. The number of nitrogens with zero attached hydrogens (tertiary/aromatic N) is 3. The number of fused-ring (bicyclic) bond motifs is 2. The summed E-state index contributed by atoms with van der Waals surface area (Å²) in [6.45, 7) is 5.22. The van der Waals surface area contributed by atoms with E-state index in [0.717, 1.165) is 19.6 Å². The van der Waals surface area contributed by atoms with Crippen molar-refractivity contribution in [3.05, 3.63) is 83.9 Å². The quantitative estimate of drug-likeness (QED) is 0.778. The van der Waals surface area contributed by atoms with Gasteiger partial charge in [0.25, 0.3) is 0 Å². The summed E-state index contributed by atoms with van der Waals surface area (Å²) in [7, 11) is 0. The van der Waals surface area contributed by atoms with Gasteiger partial charge in [-0.1, -0.05) is 48.5 Å². The maximum Gasteiger partial charge on any atom is 0.115 e. The van der Waals surface area contributed by atoms with Crippen molar-refractivity contribution in [3.8, 4) is 11.1 Å². The van der Waals surface area contributed by atoms with Crippen LogP contribution in [-0.4, -0.2) is 40.0 Å². The first kappa shape index (κ1) is 16.6. The second kappa shape index (κ2) is 6.87. The Morgan fingerprint density at radius 2 is 1.67 bits per heavy atom. The fraction of sp³-hybridized carbons (Fsp3) is 0.304. The van der Waals surface area contributed by atoms with E-state index in [1.54, 1.807) is 6.33 Å². The molecule has 2 aliphatic heterocycles. The predicted molar refractivity (Wildman–Crippen MR) is 107 cm³/mol. The molecule has 1 aromatic heterocycles. The molecule has 2 fully saturated rings. The lowest BCUT2D eigenvalue weighted by molar-refractivity contribution is -0.0484. The van der Waals surface area contributed by atoms with E-state index in [-0.39, 0.29) is 0 Å². The zero-order valence-electron chi connectivity index (χ0n) is 15.5. The van der Waals surface area contributed by atoms with Crippen molar-refractivity contribution < 1.29 is 0 Å². The standard InChI is InChI=1S/C23H24N4/c1-16-4-2-3-5-20(16)18-6-8-19(9-7-18)23-21-12-24-13-22(23)27(21)14-17-10-25-15-26-11-17/h2-11,15,21-24H,12-14H2,1H3/t21-,22+,23?. The Bertz CT molecular complexity index is 911. The third-order valence-corrected chi connectivity index (χ3v) is 6.12. The normalized spacial score (nSPS) is 24.4. The van der Waals surface area contributed by atoms with E-state index in [4.69, 9.17) is 0 Å². The molecule has 2 bridgehead atoms. The molecule has 4 nitrogen and oxygen atoms in total. The first-order valence-electron chi connectivity index (χ1n) is 9.67. The maximum absolute atomic E-state index is 4.16. The van der Waals surface area contributed by atoms with Crippen molar-refractivity contribution in [3.63, 3.8) is 0 Å². The van der Waals surface area contributed by atoms with Gasteiger partial charge in [-0.3, -0.25) is 4.90 Å². The van der Waals surface area contributed by atoms with Crippen LogP contribution in [0, 0.1) is 6.92 Å². The molecule has 0 spiro atoms. The number of piperidine rings is 1. The summed E-state index contributed by atoms with van der Waals surface area (Å²) in [4.78, 5) is 10.9. The van der Waals surface area contributed by atoms with Crippen LogP contribution in [-0.2, 0) is 6.54 Å². The van der Waals surface area contributed by atoms with Gasteiger partial charge in [0.15, 0.2) is 0 Å². The molecule has 0 saturated carbocycles. The number of rotatable bonds is 4. The molecule has 2 aliphatic rings. The van der Waals surface area contributed by atoms with Crippen LogP contribution in [0.1, 0.15) is 22.6 Å². The van der Waals surface area contributed by atoms with Crippen LogP contribution >= 0.6 is 0 Å². The SMILES string of the molecule is Cc1ccccc1-c1ccc(C2[C@H]3CNC[C@@H]2N3Cc2cncnc2)cc1. The van der Waals surface area contributed by atoms with Gasteiger partial charge < -0.3 is 5.32 Å². The largest absolute Gasteiger partial charge is 0.314 e. The maximum atomic E-state index is 4.16. The second-order valence-corrected chi connectivity index (χ2v) is 7.67. The van der Waals surface area contributed by atoms with Gasteiger partial charge in [0, 0.05) is 55.6 Å². The van der Waals surface area contributed by atoms with E-state index >= 15 is 0 Å². The Labute approximate surface area is 160 Å². The lowest BCUT2D eigenvalue weighted by Crippen LogP contribution is -2.72. The van der Waals surface area contributed by atoms with Crippen molar-refractivity contribution in [2.24, 2.45) is 0 Å². The highest BCUT2D eigenvalue weighted by molar-refractivity contribution is 5.67. The molecule has 4 heteroatoms. The van der Waals surface area contributed by atoms with Crippen molar-refractivity contribution in [1.29, 1.82) is 0 Å². The Hall–Kier alpha value is -2.56. The van der Waals surface area contributed by atoms with E-state index < -0.39 is 0 Å². The number of aromatic nitrogens is 2. The topological polar surface area (TPSA) is 41.0 Å². The van der Waals surface area contributed by atoms with Crippen LogP contribution in [0.15, 0.2) is 67.3 Å². The average Bonchev–Trinajstić information content (AvgIpc) is 2.73. The molecule has 2 saturated heterocycles. The average molecular weight is 356 g/mol. The number of hydrogen-bond donors (Lipinski definition) is 1. The second-order valence-electron chi connectivity index (χ2n) is 7.67. The van der Waals surface area contributed by atoms with Gasteiger partial charge in [0.05, 0.1) is 0 Å². The summed E-state index contributed by atoms with van der Waals surface area (Å²) < 4.78 is 0. The van der Waals surface area contributed by atoms with Crippen LogP contribution in [0.25, 0.3) is 11.1 Å². The van der Waals surface area contributed by atoms with Gasteiger partial charge in [-0.15, -0.1) is 0 Å². The smallest absolute Gasteiger partial charge is 0.115 e. The van der Waals surface area contributed by atoms with Crippen molar-refractivity contribution in [1.82, 2.24) is 20.2 Å². The van der Waals surface area contributed by atoms with Crippen molar-refractivity contribution in [2.45, 2.75) is 31.5 Å². The highest BCUT2D eigenvalue weighted by Crippen LogP contribution is 2.43. The first-order valence-corrected chi connectivity index (χ1v) is 9.67. The van der Waals surface area contributed by atoms with Gasteiger partial charge in [0.2, 0.25) is 0 Å². The van der Waals surface area contributed by atoms with Gasteiger partial charge >= 0.3 is 0 Å². The summed E-state index contributed by atoms with van der Waals surface area (Å²) in [5.74, 6) is 0.613. The molecule has 0 amide bonds. The Balaban J connectivity index is 1.36. The van der Waals surface area contributed by atoms with Gasteiger partial charge in [-0.25, -0.2) is 9.97 Å². The molecule has 3 aromatic rings. The molecular weight excluding hydrogens is 332 g/mol. The van der Waals surface area contributed by atoms with E-state index in [1.165, 1.54) is 27.8 Å². The van der Waals surface area contributed by atoms with E-state index in [9.17, 15) is 0 Å². The van der Waals surface area contributed by atoms with E-state index in [2.05, 4.69) is 75.6 Å². The fourth-order valence-electron chi connectivity index (χ4n) is 4.76. The van der Waals surface area contributed by atoms with Crippen LogP contribution in [0.2, 0.25) is 0 Å².